The number of benzene rings is 4. The summed E-state index contributed by atoms with van der Waals surface area (Å²) in [7, 11) is 1.53. The molecule has 0 atom stereocenters. The van der Waals surface area contributed by atoms with Crippen molar-refractivity contribution in [1.29, 1.82) is 0 Å². The number of hydrogen-bond acceptors (Lipinski definition) is 7. The first-order valence-electron chi connectivity index (χ1n) is 14.8. The van der Waals surface area contributed by atoms with Gasteiger partial charge >= 0.3 is 5.97 Å². The molecule has 0 radical (unpaired) electrons. The van der Waals surface area contributed by atoms with Crippen LogP contribution < -0.4 is 19.8 Å². The van der Waals surface area contributed by atoms with Gasteiger partial charge in [0.1, 0.15) is 12.4 Å². The van der Waals surface area contributed by atoms with E-state index in [1.807, 2.05) is 38.1 Å². The Kier molecular flexibility index (Phi) is 9.87. The summed E-state index contributed by atoms with van der Waals surface area (Å²) in [4.78, 5) is 30.1. The number of halogens is 1. The number of fused-ring (bicyclic) bond motifs is 1. The Bertz CT molecular complexity index is 2020. The van der Waals surface area contributed by atoms with E-state index in [1.54, 1.807) is 48.7 Å². The van der Waals surface area contributed by atoms with Gasteiger partial charge < -0.3 is 19.3 Å². The Labute approximate surface area is 275 Å². The normalized spacial score (nSPS) is 11.4. The monoisotopic (exact) mass is 683 g/mol. The minimum absolute atomic E-state index is 0.130. The van der Waals surface area contributed by atoms with E-state index >= 15 is 0 Å². The third-order valence-electron chi connectivity index (χ3n) is 7.40. The summed E-state index contributed by atoms with van der Waals surface area (Å²) in [5.74, 6) is 1.26. The lowest BCUT2D eigenvalue weighted by Crippen LogP contribution is -2.21. The van der Waals surface area contributed by atoms with Gasteiger partial charge in [-0.3, -0.25) is 4.79 Å². The highest BCUT2D eigenvalue weighted by atomic mass is 79.9. The molecule has 0 saturated carbocycles. The molecule has 5 rings (SSSR count). The molecule has 5 aromatic rings. The number of carboxylic acid groups (broad SMARTS) is 1. The summed E-state index contributed by atoms with van der Waals surface area (Å²) in [6.07, 6.45) is 1.57. The van der Waals surface area contributed by atoms with Crippen LogP contribution in [0.2, 0.25) is 0 Å². The molecule has 0 saturated heterocycles. The van der Waals surface area contributed by atoms with Crippen molar-refractivity contribution in [3.8, 4) is 28.6 Å². The molecule has 0 fully saturated rings. The molecule has 0 amide bonds. The van der Waals surface area contributed by atoms with E-state index in [0.717, 1.165) is 22.4 Å². The van der Waals surface area contributed by atoms with Crippen molar-refractivity contribution in [2.45, 2.75) is 40.2 Å². The summed E-state index contributed by atoms with van der Waals surface area (Å²) in [5, 5.41) is 14.4. The van der Waals surface area contributed by atoms with E-state index in [2.05, 4.69) is 34.9 Å². The van der Waals surface area contributed by atoms with Crippen molar-refractivity contribution >= 4 is 39.0 Å². The quantitative estimate of drug-likeness (QED) is 0.141. The second-order valence-electron chi connectivity index (χ2n) is 10.9. The van der Waals surface area contributed by atoms with Crippen molar-refractivity contribution in [2.24, 2.45) is 5.10 Å². The minimum atomic E-state index is -1.01. The number of hydrogen-bond donors (Lipinski definition) is 1. The highest BCUT2D eigenvalue weighted by Crippen LogP contribution is 2.37. The van der Waals surface area contributed by atoms with Gasteiger partial charge in [0.05, 0.1) is 40.9 Å². The van der Waals surface area contributed by atoms with Crippen LogP contribution in [0.1, 0.15) is 59.3 Å². The maximum absolute atomic E-state index is 13.9. The third-order valence-corrected chi connectivity index (χ3v) is 7.99. The molecular weight excluding hydrogens is 650 g/mol. The zero-order valence-electron chi connectivity index (χ0n) is 26.2. The molecule has 0 aliphatic heterocycles. The molecule has 0 aliphatic rings. The predicted molar refractivity (Wildman–Crippen MR) is 183 cm³/mol. The Morgan fingerprint density at radius 1 is 1.04 bits per heavy atom. The number of aryl methyl sites for hydroxylation is 1. The molecule has 46 heavy (non-hydrogen) atoms. The first-order chi connectivity index (χ1) is 22.1. The average Bonchev–Trinajstić information content (AvgIpc) is 3.03. The number of aromatic nitrogens is 2. The van der Waals surface area contributed by atoms with Crippen molar-refractivity contribution < 1.29 is 24.1 Å². The van der Waals surface area contributed by atoms with Gasteiger partial charge in [0, 0.05) is 5.56 Å². The second kappa shape index (κ2) is 14.0. The lowest BCUT2D eigenvalue weighted by Gasteiger charge is -2.18. The van der Waals surface area contributed by atoms with Crippen molar-refractivity contribution in [1.82, 2.24) is 9.66 Å². The van der Waals surface area contributed by atoms with Gasteiger partial charge in [-0.15, -0.1) is 0 Å². The minimum Gasteiger partial charge on any atom is -0.494 e. The van der Waals surface area contributed by atoms with Gasteiger partial charge in [-0.1, -0.05) is 38.1 Å². The molecule has 0 spiro atoms. The molecule has 1 N–H and O–H groups in total. The number of ether oxygens (including phenoxy) is 3. The largest absolute Gasteiger partial charge is 0.494 e. The molecule has 236 valence electrons. The van der Waals surface area contributed by atoms with Gasteiger partial charge in [0.15, 0.2) is 17.3 Å². The number of rotatable bonds is 11. The number of methoxy groups -OCH3 is 1. The van der Waals surface area contributed by atoms with Crippen molar-refractivity contribution in [3.63, 3.8) is 0 Å². The van der Waals surface area contributed by atoms with Gasteiger partial charge in [-0.25, -0.2) is 9.78 Å². The van der Waals surface area contributed by atoms with Gasteiger partial charge in [-0.05, 0) is 106 Å². The SMILES string of the molecule is CCOc1cc(C)c(-c2nc3ccccc3c(=O)n2N=Cc2cc(Br)c(OCc3cccc(C(=O)O)c3)c(OC)c2)cc1C(C)C. The van der Waals surface area contributed by atoms with Crippen LogP contribution in [0, 0.1) is 6.92 Å². The number of nitrogens with zero attached hydrogens (tertiary/aromatic N) is 3. The van der Waals surface area contributed by atoms with Crippen LogP contribution in [0.15, 0.2) is 87.2 Å². The van der Waals surface area contributed by atoms with Crippen LogP contribution in [-0.2, 0) is 6.61 Å². The summed E-state index contributed by atoms with van der Waals surface area (Å²) in [5.41, 5.74) is 4.48. The number of carboxylic acids is 1. The van der Waals surface area contributed by atoms with Crippen LogP contribution in [0.5, 0.6) is 17.2 Å². The fraction of sp³-hybridized carbons (Fsp3) is 0.222. The summed E-state index contributed by atoms with van der Waals surface area (Å²) < 4.78 is 19.5. The Balaban J connectivity index is 1.56. The summed E-state index contributed by atoms with van der Waals surface area (Å²) in [6.45, 7) is 8.80. The van der Waals surface area contributed by atoms with Crippen LogP contribution in [0.4, 0.5) is 0 Å². The molecular formula is C36H34BrN3O6. The number of carbonyl (C=O) groups is 1. The third kappa shape index (κ3) is 6.82. The Morgan fingerprint density at radius 3 is 2.54 bits per heavy atom. The molecule has 4 aromatic carbocycles. The van der Waals surface area contributed by atoms with Crippen LogP contribution in [0.25, 0.3) is 22.3 Å². The molecule has 1 heterocycles. The lowest BCUT2D eigenvalue weighted by molar-refractivity contribution is 0.0696. The van der Waals surface area contributed by atoms with E-state index < -0.39 is 5.97 Å². The highest BCUT2D eigenvalue weighted by Gasteiger charge is 2.19. The number of aromatic carboxylic acids is 1. The predicted octanol–water partition coefficient (Wildman–Crippen LogP) is 7.82. The zero-order chi connectivity index (χ0) is 33.0. The van der Waals surface area contributed by atoms with Crippen LogP contribution in [0.3, 0.4) is 0 Å². The first-order valence-corrected chi connectivity index (χ1v) is 15.6. The smallest absolute Gasteiger partial charge is 0.335 e. The van der Waals surface area contributed by atoms with E-state index in [1.165, 1.54) is 17.9 Å². The van der Waals surface area contributed by atoms with Crippen molar-refractivity contribution in [2.75, 3.05) is 13.7 Å². The molecule has 9 nitrogen and oxygen atoms in total. The maximum atomic E-state index is 13.9. The standard InChI is InChI=1S/C36H34BrN3O6/c1-6-45-31-14-22(4)28(18-27(31)21(2)3)34-39-30-13-8-7-12-26(30)35(41)40(34)38-19-24-16-29(37)33(32(17-24)44-5)46-20-23-10-9-11-25(15-23)36(42)43/h7-19,21H,6,20H2,1-5H3,(H,42,43). The lowest BCUT2D eigenvalue weighted by atomic mass is 9.96. The molecule has 0 unspecified atom stereocenters. The first kappa shape index (κ1) is 32.4. The van der Waals surface area contributed by atoms with E-state index in [-0.39, 0.29) is 23.6 Å². The molecule has 10 heteroatoms. The summed E-state index contributed by atoms with van der Waals surface area (Å²) >= 11 is 3.57. The topological polar surface area (TPSA) is 112 Å². The fourth-order valence-electron chi connectivity index (χ4n) is 5.10. The zero-order valence-corrected chi connectivity index (χ0v) is 27.8. The Morgan fingerprint density at radius 2 is 1.83 bits per heavy atom. The van der Waals surface area contributed by atoms with Gasteiger partial charge in [0.2, 0.25) is 0 Å². The number of para-hydroxylation sites is 1. The van der Waals surface area contributed by atoms with Crippen LogP contribution >= 0.6 is 15.9 Å². The molecule has 0 aliphatic carbocycles. The van der Waals surface area contributed by atoms with Crippen LogP contribution in [-0.4, -0.2) is 40.7 Å². The highest BCUT2D eigenvalue weighted by molar-refractivity contribution is 9.10. The Hall–Kier alpha value is -4.96. The van der Waals surface area contributed by atoms with E-state index in [9.17, 15) is 14.7 Å². The van der Waals surface area contributed by atoms with Gasteiger partial charge in [0.25, 0.3) is 5.56 Å². The fourth-order valence-corrected chi connectivity index (χ4v) is 5.68. The maximum Gasteiger partial charge on any atom is 0.335 e. The van der Waals surface area contributed by atoms with Crippen molar-refractivity contribution in [3.05, 3.63) is 115 Å². The van der Waals surface area contributed by atoms with E-state index in [0.29, 0.717) is 50.4 Å². The summed E-state index contributed by atoms with van der Waals surface area (Å²) in [6, 6.07) is 21.3. The van der Waals surface area contributed by atoms with E-state index in [4.69, 9.17) is 19.2 Å². The second-order valence-corrected chi connectivity index (χ2v) is 11.8. The molecule has 1 aromatic heterocycles. The van der Waals surface area contributed by atoms with Gasteiger partial charge in [-0.2, -0.15) is 9.78 Å². The molecule has 0 bridgehead atoms. The average molecular weight is 685 g/mol.